The molecule has 104 valence electrons. The Hall–Kier alpha value is -2.94. The van der Waals surface area contributed by atoms with E-state index in [-0.39, 0.29) is 5.56 Å². The van der Waals surface area contributed by atoms with Crippen molar-refractivity contribution in [1.29, 1.82) is 5.26 Å². The molecule has 0 amide bonds. The molecule has 0 saturated carbocycles. The molecular weight excluding hydrogens is 266 g/mol. The lowest BCUT2D eigenvalue weighted by Crippen LogP contribution is -2.13. The molecule has 6 nitrogen and oxygen atoms in total. The number of nitrogens with zero attached hydrogens (tertiary/aromatic N) is 4. The lowest BCUT2D eigenvalue weighted by Gasteiger charge is -2.07. The summed E-state index contributed by atoms with van der Waals surface area (Å²) in [7, 11) is 0. The molecule has 0 radical (unpaired) electrons. The molecule has 0 bridgehead atoms. The Kier molecular flexibility index (Phi) is 3.03. The van der Waals surface area contributed by atoms with Crippen LogP contribution in [0.4, 0.5) is 0 Å². The summed E-state index contributed by atoms with van der Waals surface area (Å²) in [6.07, 6.45) is 5.06. The SMILES string of the molecule is CCn1ncc2c(-c3cncc(C)c3)c(C#N)c(=O)[nH]c21. The minimum Gasteiger partial charge on any atom is -0.306 e. The molecule has 0 unspecified atom stereocenters. The monoisotopic (exact) mass is 279 g/mol. The zero-order valence-electron chi connectivity index (χ0n) is 11.7. The molecule has 0 aliphatic heterocycles. The zero-order valence-corrected chi connectivity index (χ0v) is 11.7. The van der Waals surface area contributed by atoms with Crippen LogP contribution in [0.15, 0.2) is 29.5 Å². The van der Waals surface area contributed by atoms with E-state index in [9.17, 15) is 10.1 Å². The van der Waals surface area contributed by atoms with E-state index < -0.39 is 5.56 Å². The third-order valence-corrected chi connectivity index (χ3v) is 3.39. The van der Waals surface area contributed by atoms with Crippen LogP contribution in [0.5, 0.6) is 0 Å². The van der Waals surface area contributed by atoms with Gasteiger partial charge in [-0.2, -0.15) is 10.4 Å². The van der Waals surface area contributed by atoms with Crippen LogP contribution < -0.4 is 5.56 Å². The standard InChI is InChI=1S/C15H13N5O/c1-3-20-14-12(8-18-20)13(11(5-16)15(21)19-14)10-4-9(2)6-17-7-10/h4,6-8H,3H2,1-2H3,(H,19,21). The topological polar surface area (TPSA) is 87.4 Å². The number of aromatic amines is 1. The molecule has 0 aromatic carbocycles. The van der Waals surface area contributed by atoms with E-state index >= 15 is 0 Å². The maximum atomic E-state index is 12.2. The summed E-state index contributed by atoms with van der Waals surface area (Å²) >= 11 is 0. The first-order valence-electron chi connectivity index (χ1n) is 6.59. The van der Waals surface area contributed by atoms with E-state index in [1.807, 2.05) is 26.0 Å². The maximum Gasteiger partial charge on any atom is 0.268 e. The lowest BCUT2D eigenvalue weighted by atomic mass is 9.99. The molecule has 0 aliphatic rings. The summed E-state index contributed by atoms with van der Waals surface area (Å²) in [4.78, 5) is 19.1. The number of fused-ring (bicyclic) bond motifs is 1. The number of nitriles is 1. The number of H-pyrrole nitrogens is 1. The first kappa shape index (κ1) is 13.1. The molecule has 0 fully saturated rings. The third kappa shape index (κ3) is 1.99. The van der Waals surface area contributed by atoms with E-state index in [0.717, 1.165) is 16.5 Å². The maximum absolute atomic E-state index is 12.2. The molecule has 3 heterocycles. The molecule has 3 rings (SSSR count). The van der Waals surface area contributed by atoms with Crippen LogP contribution in [0.1, 0.15) is 18.1 Å². The summed E-state index contributed by atoms with van der Waals surface area (Å²) in [5, 5.41) is 14.3. The van der Waals surface area contributed by atoms with Crippen LogP contribution in [0.2, 0.25) is 0 Å². The predicted molar refractivity (Wildman–Crippen MR) is 78.7 cm³/mol. The van der Waals surface area contributed by atoms with Crippen molar-refractivity contribution in [1.82, 2.24) is 19.7 Å². The second-order valence-electron chi connectivity index (χ2n) is 4.79. The van der Waals surface area contributed by atoms with E-state index in [2.05, 4.69) is 15.1 Å². The lowest BCUT2D eigenvalue weighted by molar-refractivity contribution is 0.676. The number of pyridine rings is 2. The van der Waals surface area contributed by atoms with Crippen LogP contribution >= 0.6 is 0 Å². The van der Waals surface area contributed by atoms with Gasteiger partial charge >= 0.3 is 0 Å². The Morgan fingerprint density at radius 1 is 1.38 bits per heavy atom. The fourth-order valence-electron chi connectivity index (χ4n) is 2.46. The van der Waals surface area contributed by atoms with Crippen LogP contribution in [-0.4, -0.2) is 19.7 Å². The predicted octanol–water partition coefficient (Wildman–Crippen LogP) is 1.99. The highest BCUT2D eigenvalue weighted by atomic mass is 16.1. The van der Waals surface area contributed by atoms with E-state index in [0.29, 0.717) is 17.8 Å². The highest BCUT2D eigenvalue weighted by Gasteiger charge is 2.17. The van der Waals surface area contributed by atoms with Gasteiger partial charge in [0, 0.05) is 35.5 Å². The summed E-state index contributed by atoms with van der Waals surface area (Å²) in [6, 6.07) is 3.90. The van der Waals surface area contributed by atoms with Gasteiger partial charge < -0.3 is 4.98 Å². The molecule has 21 heavy (non-hydrogen) atoms. The number of aryl methyl sites for hydroxylation is 2. The summed E-state index contributed by atoms with van der Waals surface area (Å²) < 4.78 is 1.70. The fraction of sp³-hybridized carbons (Fsp3) is 0.200. The molecule has 0 atom stereocenters. The Labute approximate surface area is 120 Å². The first-order valence-corrected chi connectivity index (χ1v) is 6.59. The number of hydrogen-bond acceptors (Lipinski definition) is 4. The van der Waals surface area contributed by atoms with Crippen molar-refractivity contribution in [3.05, 3.63) is 46.1 Å². The second-order valence-corrected chi connectivity index (χ2v) is 4.79. The van der Waals surface area contributed by atoms with Gasteiger partial charge in [-0.1, -0.05) is 0 Å². The average Bonchev–Trinajstić information content (AvgIpc) is 2.88. The van der Waals surface area contributed by atoms with Crippen molar-refractivity contribution in [2.45, 2.75) is 20.4 Å². The zero-order chi connectivity index (χ0) is 15.0. The first-order chi connectivity index (χ1) is 10.2. The Morgan fingerprint density at radius 3 is 2.86 bits per heavy atom. The van der Waals surface area contributed by atoms with Gasteiger partial charge in [0.2, 0.25) is 0 Å². The van der Waals surface area contributed by atoms with Crippen molar-refractivity contribution in [3.8, 4) is 17.2 Å². The third-order valence-electron chi connectivity index (χ3n) is 3.39. The van der Waals surface area contributed by atoms with Crippen molar-refractivity contribution in [2.24, 2.45) is 0 Å². The van der Waals surface area contributed by atoms with E-state index in [1.54, 1.807) is 23.3 Å². The molecular formula is C15H13N5O. The van der Waals surface area contributed by atoms with Gasteiger partial charge in [0.15, 0.2) is 0 Å². The number of rotatable bonds is 2. The van der Waals surface area contributed by atoms with Gasteiger partial charge in [-0.3, -0.25) is 9.78 Å². The van der Waals surface area contributed by atoms with Crippen LogP contribution in [0.3, 0.4) is 0 Å². The van der Waals surface area contributed by atoms with Crippen LogP contribution in [0, 0.1) is 18.3 Å². The van der Waals surface area contributed by atoms with Crippen LogP contribution in [0.25, 0.3) is 22.2 Å². The van der Waals surface area contributed by atoms with Gasteiger partial charge in [0.25, 0.3) is 5.56 Å². The number of aromatic nitrogens is 4. The van der Waals surface area contributed by atoms with Crippen LogP contribution in [-0.2, 0) is 6.54 Å². The van der Waals surface area contributed by atoms with E-state index in [4.69, 9.17) is 0 Å². The normalized spacial score (nSPS) is 10.7. The molecule has 6 heteroatoms. The van der Waals surface area contributed by atoms with Crippen molar-refractivity contribution >= 4 is 11.0 Å². The van der Waals surface area contributed by atoms with Crippen molar-refractivity contribution < 1.29 is 0 Å². The summed E-state index contributed by atoms with van der Waals surface area (Å²) in [5.41, 5.74) is 2.61. The molecule has 0 spiro atoms. The van der Waals surface area contributed by atoms with Gasteiger partial charge in [-0.15, -0.1) is 0 Å². The molecule has 1 N–H and O–H groups in total. The minimum absolute atomic E-state index is 0.0885. The highest BCUT2D eigenvalue weighted by Crippen LogP contribution is 2.29. The Bertz CT molecular complexity index is 929. The summed E-state index contributed by atoms with van der Waals surface area (Å²) in [5.74, 6) is 0. The Morgan fingerprint density at radius 2 is 2.19 bits per heavy atom. The smallest absolute Gasteiger partial charge is 0.268 e. The average molecular weight is 279 g/mol. The van der Waals surface area contributed by atoms with Gasteiger partial charge in [0.1, 0.15) is 17.3 Å². The van der Waals surface area contributed by atoms with Gasteiger partial charge in [-0.25, -0.2) is 4.68 Å². The number of nitrogens with one attached hydrogen (secondary N) is 1. The van der Waals surface area contributed by atoms with E-state index in [1.165, 1.54) is 0 Å². The van der Waals surface area contributed by atoms with Gasteiger partial charge in [-0.05, 0) is 25.5 Å². The molecule has 3 aromatic rings. The summed E-state index contributed by atoms with van der Waals surface area (Å²) in [6.45, 7) is 4.50. The van der Waals surface area contributed by atoms with Gasteiger partial charge in [0.05, 0.1) is 6.20 Å². The Balaban J connectivity index is 2.47. The quantitative estimate of drug-likeness (QED) is 0.777. The minimum atomic E-state index is -0.406. The highest BCUT2D eigenvalue weighted by molar-refractivity contribution is 5.95. The number of hydrogen-bond donors (Lipinski definition) is 1. The largest absolute Gasteiger partial charge is 0.306 e. The fourth-order valence-corrected chi connectivity index (χ4v) is 2.46. The molecule has 0 saturated heterocycles. The van der Waals surface area contributed by atoms with Crippen molar-refractivity contribution in [2.75, 3.05) is 0 Å². The second kappa shape index (κ2) is 4.87. The molecule has 3 aromatic heterocycles. The molecule has 0 aliphatic carbocycles. The van der Waals surface area contributed by atoms with Crippen molar-refractivity contribution in [3.63, 3.8) is 0 Å².